The van der Waals surface area contributed by atoms with E-state index in [1.165, 1.54) is 0 Å². The molecule has 63 heavy (non-hydrogen) atoms. The minimum Gasteiger partial charge on any atom is -0.456 e. The summed E-state index contributed by atoms with van der Waals surface area (Å²) < 4.78 is 6.70. The van der Waals surface area contributed by atoms with E-state index in [0.29, 0.717) is 5.82 Å². The SMILES string of the molecule is c1ccc(-c2cccc(-c3cc(-c4cccc(-c5c6c(cc7c(-c8ccccc8)nc8ccccc8c57)oc5ccccc56)c4)nc(-c4cccc(-c5ccccc5)c4)n3)c2)cc1. The minimum absolute atomic E-state index is 0.661. The first-order valence-corrected chi connectivity index (χ1v) is 21.3. The molecule has 0 spiro atoms. The van der Waals surface area contributed by atoms with Crippen molar-refractivity contribution in [3.63, 3.8) is 0 Å². The van der Waals surface area contributed by atoms with Gasteiger partial charge in [-0.25, -0.2) is 15.0 Å². The molecule has 0 saturated carbocycles. The number of hydrogen-bond acceptors (Lipinski definition) is 4. The molecule has 3 heterocycles. The number of hydrogen-bond donors (Lipinski definition) is 0. The molecule has 3 aromatic heterocycles. The van der Waals surface area contributed by atoms with Crippen molar-refractivity contribution in [1.82, 2.24) is 15.0 Å². The number of aromatic nitrogens is 3. The zero-order valence-corrected chi connectivity index (χ0v) is 34.1. The highest BCUT2D eigenvalue weighted by Gasteiger charge is 2.22. The van der Waals surface area contributed by atoms with Crippen LogP contribution in [0.3, 0.4) is 0 Å². The molecule has 9 aromatic carbocycles. The molecule has 0 aliphatic carbocycles. The summed E-state index contributed by atoms with van der Waals surface area (Å²) in [5.41, 5.74) is 15.9. The Morgan fingerprint density at radius 1 is 0.286 bits per heavy atom. The van der Waals surface area contributed by atoms with E-state index in [1.807, 2.05) is 24.3 Å². The highest BCUT2D eigenvalue weighted by molar-refractivity contribution is 6.27. The first-order chi connectivity index (χ1) is 31.2. The van der Waals surface area contributed by atoms with Crippen LogP contribution in [0.15, 0.2) is 229 Å². The molecular weight excluding hydrogens is 767 g/mol. The Bertz CT molecular complexity index is 3570. The van der Waals surface area contributed by atoms with Crippen LogP contribution in [0.1, 0.15) is 0 Å². The standard InChI is InChI=1S/C59H37N3O/c1-4-17-38(18-5-1)41-23-14-25-43(33-41)51-37-52(62-59(61-51)46-28-15-24-42(34-46)39-19-6-2-7-20-39)44-26-16-27-45(35-44)55-56-47-29-10-12-31-50(47)60-58(40-21-8-3-9-22-40)49(56)36-54-57(55)48-30-11-13-32-53(48)63-54/h1-37H. The number of para-hydroxylation sites is 2. The zero-order chi connectivity index (χ0) is 41.7. The molecule has 0 N–H and O–H groups in total. The number of rotatable bonds is 7. The van der Waals surface area contributed by atoms with E-state index in [-0.39, 0.29) is 0 Å². The molecule has 0 bridgehead atoms. The molecule has 0 aliphatic heterocycles. The maximum absolute atomic E-state index is 6.70. The van der Waals surface area contributed by atoms with Gasteiger partial charge < -0.3 is 4.42 Å². The highest BCUT2D eigenvalue weighted by atomic mass is 16.3. The fourth-order valence-electron chi connectivity index (χ4n) is 9.08. The Balaban J connectivity index is 1.11. The molecule has 294 valence electrons. The number of furan rings is 1. The van der Waals surface area contributed by atoms with Gasteiger partial charge in [0.05, 0.1) is 22.6 Å². The maximum atomic E-state index is 6.70. The largest absolute Gasteiger partial charge is 0.456 e. The molecule has 4 nitrogen and oxygen atoms in total. The van der Waals surface area contributed by atoms with E-state index in [9.17, 15) is 0 Å². The predicted molar refractivity (Wildman–Crippen MR) is 260 cm³/mol. The van der Waals surface area contributed by atoms with Gasteiger partial charge in [-0.1, -0.05) is 182 Å². The molecule has 0 fully saturated rings. The van der Waals surface area contributed by atoms with Crippen molar-refractivity contribution in [1.29, 1.82) is 0 Å². The van der Waals surface area contributed by atoms with Gasteiger partial charge >= 0.3 is 0 Å². The lowest BCUT2D eigenvalue weighted by molar-refractivity contribution is 0.669. The summed E-state index contributed by atoms with van der Waals surface area (Å²) >= 11 is 0. The normalized spacial score (nSPS) is 11.5. The fourth-order valence-corrected chi connectivity index (χ4v) is 9.08. The number of nitrogens with zero attached hydrogens (tertiary/aromatic N) is 3. The van der Waals surface area contributed by atoms with E-state index < -0.39 is 0 Å². The van der Waals surface area contributed by atoms with Crippen molar-refractivity contribution in [2.75, 3.05) is 0 Å². The Morgan fingerprint density at radius 3 is 1.44 bits per heavy atom. The van der Waals surface area contributed by atoms with Gasteiger partial charge in [-0.3, -0.25) is 0 Å². The average Bonchev–Trinajstić information content (AvgIpc) is 3.74. The first kappa shape index (κ1) is 36.4. The summed E-state index contributed by atoms with van der Waals surface area (Å²) in [4.78, 5) is 16.0. The lowest BCUT2D eigenvalue weighted by Crippen LogP contribution is -1.97. The van der Waals surface area contributed by atoms with E-state index in [1.54, 1.807) is 0 Å². The second-order valence-electron chi connectivity index (χ2n) is 15.9. The molecule has 4 heteroatoms. The molecule has 0 amide bonds. The summed E-state index contributed by atoms with van der Waals surface area (Å²) in [7, 11) is 0. The molecule has 0 atom stereocenters. The van der Waals surface area contributed by atoms with Crippen molar-refractivity contribution < 1.29 is 4.42 Å². The van der Waals surface area contributed by atoms with Gasteiger partial charge in [0.2, 0.25) is 0 Å². The average molecular weight is 804 g/mol. The van der Waals surface area contributed by atoms with Gasteiger partial charge in [0.1, 0.15) is 11.2 Å². The molecule has 0 saturated heterocycles. The van der Waals surface area contributed by atoms with Gasteiger partial charge in [-0.2, -0.15) is 0 Å². The van der Waals surface area contributed by atoms with Gasteiger partial charge in [0.25, 0.3) is 0 Å². The third-order valence-electron chi connectivity index (χ3n) is 12.0. The number of pyridine rings is 1. The van der Waals surface area contributed by atoms with Crippen molar-refractivity contribution in [3.8, 4) is 78.5 Å². The van der Waals surface area contributed by atoms with Crippen LogP contribution in [0, 0.1) is 0 Å². The summed E-state index contributed by atoms with van der Waals surface area (Å²) in [6.07, 6.45) is 0. The fraction of sp³-hybridized carbons (Fsp3) is 0. The summed E-state index contributed by atoms with van der Waals surface area (Å²) in [5, 5.41) is 5.40. The van der Waals surface area contributed by atoms with Crippen LogP contribution < -0.4 is 0 Å². The number of benzene rings is 9. The van der Waals surface area contributed by atoms with Crippen LogP contribution in [0.4, 0.5) is 0 Å². The summed E-state index contributed by atoms with van der Waals surface area (Å²) in [6.45, 7) is 0. The second kappa shape index (κ2) is 15.2. The lowest BCUT2D eigenvalue weighted by Gasteiger charge is -2.16. The van der Waals surface area contributed by atoms with Gasteiger partial charge in [0, 0.05) is 54.7 Å². The number of fused-ring (bicyclic) bond motifs is 6. The van der Waals surface area contributed by atoms with Crippen LogP contribution in [-0.2, 0) is 0 Å². The van der Waals surface area contributed by atoms with Crippen LogP contribution in [0.25, 0.3) is 122 Å². The van der Waals surface area contributed by atoms with E-state index in [4.69, 9.17) is 19.4 Å². The van der Waals surface area contributed by atoms with Crippen molar-refractivity contribution in [2.24, 2.45) is 0 Å². The molecule has 0 unspecified atom stereocenters. The molecule has 0 aliphatic rings. The summed E-state index contributed by atoms with van der Waals surface area (Å²) in [5.74, 6) is 0.661. The zero-order valence-electron chi connectivity index (χ0n) is 34.1. The molecule has 0 radical (unpaired) electrons. The van der Waals surface area contributed by atoms with Crippen LogP contribution >= 0.6 is 0 Å². The van der Waals surface area contributed by atoms with E-state index in [0.717, 1.165) is 116 Å². The Labute approximate surface area is 364 Å². The van der Waals surface area contributed by atoms with Crippen molar-refractivity contribution in [3.05, 3.63) is 224 Å². The Hall–Kier alpha value is -8.47. The Morgan fingerprint density at radius 2 is 0.778 bits per heavy atom. The van der Waals surface area contributed by atoms with Gasteiger partial charge in [-0.15, -0.1) is 0 Å². The van der Waals surface area contributed by atoms with E-state index in [2.05, 4.69) is 200 Å². The monoisotopic (exact) mass is 803 g/mol. The molecular formula is C59H37N3O. The smallest absolute Gasteiger partial charge is 0.160 e. The Kier molecular flexibility index (Phi) is 8.79. The summed E-state index contributed by atoms with van der Waals surface area (Å²) in [6, 6.07) is 78.5. The van der Waals surface area contributed by atoms with Crippen molar-refractivity contribution >= 4 is 43.6 Å². The maximum Gasteiger partial charge on any atom is 0.160 e. The van der Waals surface area contributed by atoms with Gasteiger partial charge in [0.15, 0.2) is 5.82 Å². The second-order valence-corrected chi connectivity index (χ2v) is 15.9. The topological polar surface area (TPSA) is 51.8 Å². The van der Waals surface area contributed by atoms with Crippen LogP contribution in [-0.4, -0.2) is 15.0 Å². The highest BCUT2D eigenvalue weighted by Crippen LogP contribution is 2.47. The van der Waals surface area contributed by atoms with Gasteiger partial charge in [-0.05, 0) is 70.3 Å². The first-order valence-electron chi connectivity index (χ1n) is 21.3. The molecule has 12 rings (SSSR count). The lowest BCUT2D eigenvalue weighted by atomic mass is 9.89. The van der Waals surface area contributed by atoms with E-state index >= 15 is 0 Å². The minimum atomic E-state index is 0.661. The van der Waals surface area contributed by atoms with Crippen LogP contribution in [0.2, 0.25) is 0 Å². The third kappa shape index (κ3) is 6.53. The molecule has 12 aromatic rings. The third-order valence-corrected chi connectivity index (χ3v) is 12.0. The van der Waals surface area contributed by atoms with Crippen molar-refractivity contribution in [2.45, 2.75) is 0 Å². The van der Waals surface area contributed by atoms with Crippen LogP contribution in [0.5, 0.6) is 0 Å². The predicted octanol–water partition coefficient (Wildman–Crippen LogP) is 15.7. The quantitative estimate of drug-likeness (QED) is 0.151.